The molecule has 16 heteroatoms. The van der Waals surface area contributed by atoms with Gasteiger partial charge in [-0.1, -0.05) is 30.3 Å². The molecular weight excluding hydrogens is 652 g/mol. The van der Waals surface area contributed by atoms with E-state index in [1.165, 1.54) is 48.5 Å². The number of hydrogen-bond acceptors (Lipinski definition) is 13. The normalized spacial score (nSPS) is 12.2. The quantitative estimate of drug-likeness (QED) is 0.0510. The molecular formula is C33H24N8O7S. The van der Waals surface area contributed by atoms with Gasteiger partial charge in [0.1, 0.15) is 27.6 Å². The van der Waals surface area contributed by atoms with E-state index in [-0.39, 0.29) is 27.7 Å². The number of carboxylic acid groups (broad SMARTS) is 1. The van der Waals surface area contributed by atoms with Crippen LogP contribution in [0, 0.1) is 0 Å². The van der Waals surface area contributed by atoms with Crippen LogP contribution in [0.1, 0.15) is 10.4 Å². The Bertz CT molecular complexity index is 2520. The summed E-state index contributed by atoms with van der Waals surface area (Å²) in [6.07, 6.45) is 0. The smallest absolute Gasteiger partial charge is 0.339 e. The molecule has 8 N–H and O–H groups in total. The number of nitrogens with zero attached hydrogens (tertiary/aromatic N) is 6. The summed E-state index contributed by atoms with van der Waals surface area (Å²) in [5.41, 5.74) is 13.1. The molecule has 6 aromatic carbocycles. The summed E-state index contributed by atoms with van der Waals surface area (Å²) in [6, 6.07) is 24.2. The minimum Gasteiger partial charge on any atom is -0.507 e. The van der Waals surface area contributed by atoms with Crippen molar-refractivity contribution in [2.45, 2.75) is 4.90 Å². The Balaban J connectivity index is 1.39. The number of rotatable bonds is 8. The van der Waals surface area contributed by atoms with Gasteiger partial charge in [-0.15, -0.1) is 20.5 Å². The van der Waals surface area contributed by atoms with Gasteiger partial charge in [-0.3, -0.25) is 4.55 Å². The summed E-state index contributed by atoms with van der Waals surface area (Å²) < 4.78 is 34.8. The fraction of sp³-hybridized carbons (Fsp3) is 0. The third kappa shape index (κ3) is 6.71. The van der Waals surface area contributed by atoms with E-state index in [4.69, 9.17) is 11.5 Å². The lowest BCUT2D eigenvalue weighted by Gasteiger charge is -2.10. The number of hydrogen-bond donors (Lipinski definition) is 6. The molecule has 0 unspecified atom stereocenters. The Labute approximate surface area is 277 Å². The van der Waals surface area contributed by atoms with Gasteiger partial charge in [0.2, 0.25) is 0 Å². The first kappa shape index (κ1) is 32.2. The SMILES string of the molecule is Nc1ccc(N=Nc2ccc3cc(S(=O)(=O)O)c(N=Nc4ccc(N=Nc5ccc(O)c(C(=O)O)c5)c5ccccc45)c(O)c3c2)c(N)c1. The third-order valence-electron chi connectivity index (χ3n) is 7.26. The van der Waals surface area contributed by atoms with E-state index in [1.807, 2.05) is 0 Å². The van der Waals surface area contributed by atoms with Crippen LogP contribution >= 0.6 is 0 Å². The molecule has 0 bridgehead atoms. The Morgan fingerprint density at radius 3 is 1.86 bits per heavy atom. The summed E-state index contributed by atoms with van der Waals surface area (Å²) in [5, 5.41) is 56.7. The van der Waals surface area contributed by atoms with Crippen LogP contribution in [0.5, 0.6) is 11.5 Å². The van der Waals surface area contributed by atoms with Gasteiger partial charge < -0.3 is 26.8 Å². The molecule has 0 amide bonds. The maximum absolute atomic E-state index is 12.4. The highest BCUT2D eigenvalue weighted by Gasteiger charge is 2.22. The number of nitrogen functional groups attached to an aromatic ring is 2. The van der Waals surface area contributed by atoms with Crippen LogP contribution in [0.4, 0.5) is 45.5 Å². The number of anilines is 2. The van der Waals surface area contributed by atoms with Gasteiger partial charge in [-0.05, 0) is 72.1 Å². The zero-order chi connectivity index (χ0) is 34.9. The lowest BCUT2D eigenvalue weighted by atomic mass is 10.1. The molecule has 49 heavy (non-hydrogen) atoms. The molecule has 0 spiro atoms. The second kappa shape index (κ2) is 12.8. The molecule has 0 aliphatic heterocycles. The number of phenolic OH excluding ortho intramolecular Hbond substituents is 1. The molecule has 0 aromatic heterocycles. The number of aromatic hydroxyl groups is 2. The Morgan fingerprint density at radius 2 is 1.22 bits per heavy atom. The van der Waals surface area contributed by atoms with Crippen LogP contribution < -0.4 is 11.5 Å². The molecule has 0 atom stereocenters. The van der Waals surface area contributed by atoms with E-state index in [9.17, 15) is 33.1 Å². The second-order valence-electron chi connectivity index (χ2n) is 10.5. The zero-order valence-corrected chi connectivity index (χ0v) is 25.8. The lowest BCUT2D eigenvalue weighted by Crippen LogP contribution is -1.99. The predicted molar refractivity (Wildman–Crippen MR) is 182 cm³/mol. The van der Waals surface area contributed by atoms with Crippen molar-refractivity contribution in [3.8, 4) is 11.5 Å². The zero-order valence-electron chi connectivity index (χ0n) is 25.0. The van der Waals surface area contributed by atoms with Gasteiger partial charge >= 0.3 is 5.97 Å². The Hall–Kier alpha value is -6.78. The number of phenols is 2. The molecule has 6 rings (SSSR count). The first-order valence-electron chi connectivity index (χ1n) is 14.1. The number of azo groups is 3. The van der Waals surface area contributed by atoms with Crippen molar-refractivity contribution in [1.82, 2.24) is 0 Å². The van der Waals surface area contributed by atoms with Gasteiger partial charge in [0.15, 0.2) is 5.75 Å². The highest BCUT2D eigenvalue weighted by Crippen LogP contribution is 2.43. The molecule has 0 aliphatic rings. The average Bonchev–Trinajstić information content (AvgIpc) is 3.06. The average molecular weight is 677 g/mol. The van der Waals surface area contributed by atoms with Gasteiger partial charge in [0.05, 0.1) is 28.4 Å². The summed E-state index contributed by atoms with van der Waals surface area (Å²) >= 11 is 0. The van der Waals surface area contributed by atoms with Crippen molar-refractivity contribution in [2.24, 2.45) is 30.7 Å². The fourth-order valence-corrected chi connectivity index (χ4v) is 5.53. The van der Waals surface area contributed by atoms with Gasteiger partial charge in [-0.2, -0.15) is 18.6 Å². The minimum absolute atomic E-state index is 0.156. The highest BCUT2D eigenvalue weighted by molar-refractivity contribution is 7.86. The van der Waals surface area contributed by atoms with Gasteiger partial charge in [-0.25, -0.2) is 4.79 Å². The molecule has 0 saturated heterocycles. The van der Waals surface area contributed by atoms with E-state index in [0.717, 1.165) is 6.07 Å². The summed E-state index contributed by atoms with van der Waals surface area (Å²) in [7, 11) is -4.87. The maximum atomic E-state index is 12.4. The summed E-state index contributed by atoms with van der Waals surface area (Å²) in [4.78, 5) is 10.7. The van der Waals surface area contributed by atoms with Gasteiger partial charge in [0.25, 0.3) is 10.1 Å². The van der Waals surface area contributed by atoms with E-state index in [2.05, 4.69) is 30.7 Å². The van der Waals surface area contributed by atoms with Crippen molar-refractivity contribution >= 4 is 83.1 Å². The monoisotopic (exact) mass is 676 g/mol. The number of benzene rings is 6. The molecule has 0 aliphatic carbocycles. The fourth-order valence-electron chi connectivity index (χ4n) is 4.87. The van der Waals surface area contributed by atoms with Crippen LogP contribution in [-0.4, -0.2) is 34.3 Å². The van der Waals surface area contributed by atoms with E-state index in [1.54, 1.807) is 42.5 Å². The molecule has 0 heterocycles. The number of fused-ring (bicyclic) bond motifs is 2. The molecule has 6 aromatic rings. The molecule has 0 fully saturated rings. The van der Waals surface area contributed by atoms with Crippen LogP contribution in [0.3, 0.4) is 0 Å². The van der Waals surface area contributed by atoms with Crippen LogP contribution in [0.25, 0.3) is 21.5 Å². The van der Waals surface area contributed by atoms with Crippen molar-refractivity contribution < 1.29 is 33.1 Å². The maximum Gasteiger partial charge on any atom is 0.339 e. The lowest BCUT2D eigenvalue weighted by molar-refractivity contribution is 0.0693. The number of aromatic carboxylic acids is 1. The first-order valence-corrected chi connectivity index (χ1v) is 15.6. The van der Waals surface area contributed by atoms with E-state index in [0.29, 0.717) is 39.2 Å². The largest absolute Gasteiger partial charge is 0.507 e. The van der Waals surface area contributed by atoms with Crippen LogP contribution in [0.15, 0.2) is 133 Å². The summed E-state index contributed by atoms with van der Waals surface area (Å²) in [6.45, 7) is 0. The predicted octanol–water partition coefficient (Wildman–Crippen LogP) is 8.76. The number of carbonyl (C=O) groups is 1. The second-order valence-corrected chi connectivity index (χ2v) is 11.9. The Morgan fingerprint density at radius 1 is 0.633 bits per heavy atom. The number of nitrogens with two attached hydrogens (primary N) is 2. The van der Waals surface area contributed by atoms with Gasteiger partial charge in [0, 0.05) is 21.8 Å². The van der Waals surface area contributed by atoms with Crippen LogP contribution in [-0.2, 0) is 10.1 Å². The van der Waals surface area contributed by atoms with Crippen molar-refractivity contribution in [3.05, 3.63) is 103 Å². The summed E-state index contributed by atoms with van der Waals surface area (Å²) in [5.74, 6) is -2.32. The highest BCUT2D eigenvalue weighted by atomic mass is 32.2. The van der Waals surface area contributed by atoms with Crippen molar-refractivity contribution in [1.29, 1.82) is 0 Å². The Kier molecular flexibility index (Phi) is 8.39. The van der Waals surface area contributed by atoms with Crippen molar-refractivity contribution in [2.75, 3.05) is 11.5 Å². The molecule has 15 nitrogen and oxygen atoms in total. The molecule has 0 saturated carbocycles. The minimum atomic E-state index is -4.87. The molecule has 244 valence electrons. The topological polar surface area (TPSA) is 258 Å². The van der Waals surface area contributed by atoms with E-state index >= 15 is 0 Å². The standard InChI is InChI=1S/C33H24N8O7S/c34-18-6-9-28(25(35)14-18)40-37-19-7-5-17-13-30(49(46,47)48)31(32(43)23(17)15-19)41-39-27-11-10-26(21-3-1-2-4-22(21)27)38-36-20-8-12-29(42)24(16-20)33(44)45/h1-16,42-43H,34-35H2,(H,44,45)(H,46,47,48). The first-order chi connectivity index (χ1) is 23.4. The van der Waals surface area contributed by atoms with Crippen LogP contribution in [0.2, 0.25) is 0 Å². The van der Waals surface area contributed by atoms with E-state index < -0.39 is 38.2 Å². The van der Waals surface area contributed by atoms with Crippen molar-refractivity contribution in [3.63, 3.8) is 0 Å². The third-order valence-corrected chi connectivity index (χ3v) is 8.13. The molecule has 0 radical (unpaired) electrons. The number of carboxylic acids is 1.